The maximum absolute atomic E-state index is 12.6. The summed E-state index contributed by atoms with van der Waals surface area (Å²) in [4.78, 5) is 25.8. The van der Waals surface area contributed by atoms with Crippen LogP contribution in [0.1, 0.15) is 21.7 Å². The molecule has 0 saturated carbocycles. The Morgan fingerprint density at radius 1 is 1.03 bits per heavy atom. The van der Waals surface area contributed by atoms with E-state index in [1.54, 1.807) is 43.5 Å². The van der Waals surface area contributed by atoms with Crippen molar-refractivity contribution in [3.63, 3.8) is 0 Å². The highest BCUT2D eigenvalue weighted by atomic mass is 16.1. The van der Waals surface area contributed by atoms with E-state index in [1.165, 1.54) is 0 Å². The third-order valence-corrected chi connectivity index (χ3v) is 4.24. The van der Waals surface area contributed by atoms with Crippen LogP contribution in [-0.2, 0) is 0 Å². The van der Waals surface area contributed by atoms with Gasteiger partial charge in [0.05, 0.1) is 22.8 Å². The number of pyridine rings is 1. The highest BCUT2D eigenvalue weighted by Gasteiger charge is 2.12. The fraction of sp³-hybridized carbons (Fsp3) is 0.0455. The van der Waals surface area contributed by atoms with Crippen LogP contribution in [0.15, 0.2) is 66.9 Å². The number of hydrogen-bond acceptors (Lipinski definition) is 6. The van der Waals surface area contributed by atoms with Gasteiger partial charge in [-0.25, -0.2) is 9.97 Å². The Morgan fingerprint density at radius 2 is 1.83 bits per heavy atom. The summed E-state index contributed by atoms with van der Waals surface area (Å²) in [5.41, 5.74) is 3.54. The van der Waals surface area contributed by atoms with E-state index in [9.17, 15) is 4.79 Å². The molecule has 0 bridgehead atoms. The molecule has 1 amide bonds. The van der Waals surface area contributed by atoms with Crippen LogP contribution < -0.4 is 10.6 Å². The molecule has 2 aromatic carbocycles. The van der Waals surface area contributed by atoms with Gasteiger partial charge < -0.3 is 10.6 Å². The molecule has 0 fully saturated rings. The summed E-state index contributed by atoms with van der Waals surface area (Å²) in [7, 11) is 0. The molecule has 0 aliphatic carbocycles. The minimum atomic E-state index is -0.362. The van der Waals surface area contributed by atoms with Crippen LogP contribution in [0, 0.1) is 18.3 Å². The van der Waals surface area contributed by atoms with Gasteiger partial charge in [0, 0.05) is 23.0 Å². The van der Waals surface area contributed by atoms with E-state index in [-0.39, 0.29) is 11.6 Å². The number of nitrogens with zero attached hydrogens (tertiary/aromatic N) is 4. The van der Waals surface area contributed by atoms with Crippen molar-refractivity contribution in [2.45, 2.75) is 6.92 Å². The first-order valence-corrected chi connectivity index (χ1v) is 8.90. The summed E-state index contributed by atoms with van der Waals surface area (Å²) >= 11 is 0. The first-order chi connectivity index (χ1) is 14.1. The number of carbonyl (C=O) groups excluding carboxylic acids is 1. The number of fused-ring (bicyclic) bond motifs is 1. The zero-order valence-electron chi connectivity index (χ0n) is 15.5. The van der Waals surface area contributed by atoms with Gasteiger partial charge in [-0.3, -0.25) is 9.78 Å². The van der Waals surface area contributed by atoms with Crippen LogP contribution in [0.2, 0.25) is 0 Å². The minimum absolute atomic E-state index is 0.234. The van der Waals surface area contributed by atoms with Crippen molar-refractivity contribution in [2.75, 3.05) is 10.6 Å². The van der Waals surface area contributed by atoms with Gasteiger partial charge in [0.1, 0.15) is 5.69 Å². The number of carbonyl (C=O) groups is 1. The Morgan fingerprint density at radius 3 is 2.62 bits per heavy atom. The topological polar surface area (TPSA) is 104 Å². The molecule has 0 unspecified atom stereocenters. The van der Waals surface area contributed by atoms with Crippen molar-refractivity contribution in [1.82, 2.24) is 15.0 Å². The molecule has 4 rings (SSSR count). The summed E-state index contributed by atoms with van der Waals surface area (Å²) < 4.78 is 0. The van der Waals surface area contributed by atoms with Crippen LogP contribution in [0.5, 0.6) is 0 Å². The second kappa shape index (κ2) is 7.74. The second-order valence-corrected chi connectivity index (χ2v) is 6.37. The molecule has 140 valence electrons. The molecule has 29 heavy (non-hydrogen) atoms. The zero-order chi connectivity index (χ0) is 20.2. The minimum Gasteiger partial charge on any atom is -0.322 e. The number of aromatic nitrogens is 3. The van der Waals surface area contributed by atoms with Crippen LogP contribution in [0.3, 0.4) is 0 Å². The monoisotopic (exact) mass is 380 g/mol. The van der Waals surface area contributed by atoms with Crippen molar-refractivity contribution >= 4 is 34.1 Å². The number of benzene rings is 2. The van der Waals surface area contributed by atoms with Gasteiger partial charge in [-0.15, -0.1) is 0 Å². The van der Waals surface area contributed by atoms with Crippen LogP contribution in [0.25, 0.3) is 10.9 Å². The van der Waals surface area contributed by atoms with Gasteiger partial charge in [0.2, 0.25) is 5.95 Å². The lowest BCUT2D eigenvalue weighted by Gasteiger charge is -2.10. The first kappa shape index (κ1) is 18.1. The molecule has 7 nitrogen and oxygen atoms in total. The van der Waals surface area contributed by atoms with Gasteiger partial charge in [0.15, 0.2) is 0 Å². The van der Waals surface area contributed by atoms with E-state index >= 15 is 0 Å². The van der Waals surface area contributed by atoms with Crippen molar-refractivity contribution < 1.29 is 4.79 Å². The van der Waals surface area contributed by atoms with E-state index in [2.05, 4.69) is 25.6 Å². The smallest absolute Gasteiger partial charge is 0.274 e. The molecular weight excluding hydrogens is 364 g/mol. The molecule has 2 heterocycles. The van der Waals surface area contributed by atoms with E-state index in [0.29, 0.717) is 22.9 Å². The normalized spacial score (nSPS) is 10.3. The van der Waals surface area contributed by atoms with E-state index < -0.39 is 0 Å². The summed E-state index contributed by atoms with van der Waals surface area (Å²) in [6.07, 6.45) is 1.72. The van der Waals surface area contributed by atoms with Crippen molar-refractivity contribution in [3.05, 3.63) is 83.8 Å². The van der Waals surface area contributed by atoms with Crippen LogP contribution in [0.4, 0.5) is 17.3 Å². The standard InChI is InChI=1S/C22H16N6O/c1-14-12-19(21(29)26-17-9-7-15(13-23)8-10-17)28-22(25-14)27-18-6-2-4-16-5-3-11-24-20(16)18/h2-12H,1H3,(H,26,29)(H,25,27,28). The molecule has 0 radical (unpaired) electrons. The summed E-state index contributed by atoms with van der Waals surface area (Å²) in [5.74, 6) is -0.0487. The Kier molecular flexibility index (Phi) is 4.82. The first-order valence-electron chi connectivity index (χ1n) is 8.90. The molecular formula is C22H16N6O. The predicted molar refractivity (Wildman–Crippen MR) is 111 cm³/mol. The fourth-order valence-corrected chi connectivity index (χ4v) is 2.89. The van der Waals surface area contributed by atoms with E-state index in [4.69, 9.17) is 5.26 Å². The molecule has 0 spiro atoms. The Bertz CT molecular complexity index is 1240. The Labute approximate surface area is 167 Å². The zero-order valence-corrected chi connectivity index (χ0v) is 15.5. The second-order valence-electron chi connectivity index (χ2n) is 6.37. The van der Waals surface area contributed by atoms with Crippen molar-refractivity contribution in [3.8, 4) is 6.07 Å². The Hall–Kier alpha value is -4.31. The van der Waals surface area contributed by atoms with Gasteiger partial charge in [0.25, 0.3) is 5.91 Å². The van der Waals surface area contributed by atoms with E-state index in [0.717, 1.165) is 16.6 Å². The lowest BCUT2D eigenvalue weighted by Crippen LogP contribution is -2.15. The molecule has 0 aliphatic rings. The SMILES string of the molecule is Cc1cc(C(=O)Nc2ccc(C#N)cc2)nc(Nc2cccc3cccnc23)n1. The number of anilines is 3. The molecule has 7 heteroatoms. The molecule has 0 saturated heterocycles. The molecule has 2 aromatic heterocycles. The number of nitrogens with one attached hydrogen (secondary N) is 2. The number of aryl methyl sites for hydroxylation is 1. The summed E-state index contributed by atoms with van der Waals surface area (Å²) in [6.45, 7) is 1.80. The van der Waals surface area contributed by atoms with E-state index in [1.807, 2.05) is 36.4 Å². The fourth-order valence-electron chi connectivity index (χ4n) is 2.89. The number of para-hydroxylation sites is 1. The largest absolute Gasteiger partial charge is 0.322 e. The number of amides is 1. The number of rotatable bonds is 4. The third kappa shape index (κ3) is 4.01. The maximum atomic E-state index is 12.6. The average molecular weight is 380 g/mol. The highest BCUT2D eigenvalue weighted by Crippen LogP contribution is 2.23. The third-order valence-electron chi connectivity index (χ3n) is 4.24. The van der Waals surface area contributed by atoms with Crippen LogP contribution >= 0.6 is 0 Å². The summed E-state index contributed by atoms with van der Waals surface area (Å²) in [6, 6.07) is 19.9. The number of nitriles is 1. The van der Waals surface area contributed by atoms with Crippen LogP contribution in [-0.4, -0.2) is 20.9 Å². The summed E-state index contributed by atoms with van der Waals surface area (Å²) in [5, 5.41) is 15.8. The molecule has 2 N–H and O–H groups in total. The van der Waals surface area contributed by atoms with Gasteiger partial charge in [-0.05, 0) is 49.4 Å². The van der Waals surface area contributed by atoms with Crippen molar-refractivity contribution in [1.29, 1.82) is 5.26 Å². The maximum Gasteiger partial charge on any atom is 0.274 e. The highest BCUT2D eigenvalue weighted by molar-refractivity contribution is 6.03. The predicted octanol–water partition coefficient (Wildman–Crippen LogP) is 4.20. The molecule has 0 aliphatic heterocycles. The molecule has 4 aromatic rings. The van der Waals surface area contributed by atoms with Gasteiger partial charge in [-0.1, -0.05) is 18.2 Å². The number of hydrogen-bond donors (Lipinski definition) is 2. The van der Waals surface area contributed by atoms with Gasteiger partial charge in [-0.2, -0.15) is 5.26 Å². The molecule has 0 atom stereocenters. The Balaban J connectivity index is 1.60. The lowest BCUT2D eigenvalue weighted by atomic mass is 10.2. The quantitative estimate of drug-likeness (QED) is 0.550. The lowest BCUT2D eigenvalue weighted by molar-refractivity contribution is 0.102. The van der Waals surface area contributed by atoms with Gasteiger partial charge >= 0.3 is 0 Å². The average Bonchev–Trinajstić information content (AvgIpc) is 2.74. The van der Waals surface area contributed by atoms with Crippen molar-refractivity contribution in [2.24, 2.45) is 0 Å².